The molecule has 0 aliphatic carbocycles. The maximum atomic E-state index is 13.3. The normalized spacial score (nSPS) is 12.3. The third-order valence-corrected chi connectivity index (χ3v) is 2.74. The molecular weight excluding hydrogens is 303 g/mol. The average molecular weight is 326 g/mol. The van der Waals surface area contributed by atoms with Gasteiger partial charge in [-0.1, -0.05) is 0 Å². The van der Waals surface area contributed by atoms with Gasteiger partial charge in [0.05, 0.1) is 12.7 Å². The molecule has 0 aliphatic rings. The van der Waals surface area contributed by atoms with Crippen LogP contribution in [0.25, 0.3) is 0 Å². The predicted octanol–water partition coefficient (Wildman–Crippen LogP) is 2.94. The first-order valence-electron chi connectivity index (χ1n) is 7.23. The van der Waals surface area contributed by atoms with E-state index in [0.29, 0.717) is 5.69 Å². The Balaban J connectivity index is 2.66. The summed E-state index contributed by atoms with van der Waals surface area (Å²) in [5.74, 6) is -1.17. The van der Waals surface area contributed by atoms with Crippen molar-refractivity contribution in [1.82, 2.24) is 5.32 Å². The van der Waals surface area contributed by atoms with Gasteiger partial charge in [0, 0.05) is 18.3 Å². The average Bonchev–Trinajstić information content (AvgIpc) is 2.44. The van der Waals surface area contributed by atoms with Crippen molar-refractivity contribution in [2.45, 2.75) is 39.3 Å². The molecule has 0 spiro atoms. The van der Waals surface area contributed by atoms with Gasteiger partial charge in [0.2, 0.25) is 0 Å². The highest BCUT2D eigenvalue weighted by Crippen LogP contribution is 2.19. The maximum Gasteiger partial charge on any atom is 0.407 e. The summed E-state index contributed by atoms with van der Waals surface area (Å²) in [6, 6.07) is 3.58. The molecule has 0 aliphatic heterocycles. The zero-order valence-corrected chi connectivity index (χ0v) is 14.0. The number of alkyl carbamates (subject to hydrolysis) is 1. The van der Waals surface area contributed by atoms with Crippen molar-refractivity contribution in [3.05, 3.63) is 29.6 Å². The van der Waals surface area contributed by atoms with Gasteiger partial charge in [0.15, 0.2) is 0 Å². The summed E-state index contributed by atoms with van der Waals surface area (Å²) >= 11 is 0. The molecule has 0 radical (unpaired) electrons. The second-order valence-electron chi connectivity index (χ2n) is 6.11. The van der Waals surface area contributed by atoms with E-state index in [1.807, 2.05) is 6.92 Å². The van der Waals surface area contributed by atoms with Crippen LogP contribution in [0, 0.1) is 5.82 Å². The molecule has 0 aromatic heterocycles. The number of hydrogen-bond acceptors (Lipinski definition) is 5. The van der Waals surface area contributed by atoms with E-state index in [1.165, 1.54) is 19.2 Å². The molecule has 2 N–H and O–H groups in total. The van der Waals surface area contributed by atoms with Crippen LogP contribution in [0.1, 0.15) is 38.1 Å². The Bertz CT molecular complexity index is 570. The molecule has 1 rings (SSSR count). The highest BCUT2D eigenvalue weighted by atomic mass is 19.1. The first kappa shape index (κ1) is 18.7. The Hall–Kier alpha value is -2.31. The van der Waals surface area contributed by atoms with Gasteiger partial charge in [-0.25, -0.2) is 14.0 Å². The highest BCUT2D eigenvalue weighted by molar-refractivity contribution is 5.95. The zero-order valence-electron chi connectivity index (χ0n) is 14.0. The number of rotatable bonds is 5. The Kier molecular flexibility index (Phi) is 6.36. The quantitative estimate of drug-likeness (QED) is 0.814. The molecule has 1 aromatic carbocycles. The summed E-state index contributed by atoms with van der Waals surface area (Å²) < 4.78 is 23.0. The van der Waals surface area contributed by atoms with Crippen molar-refractivity contribution >= 4 is 17.7 Å². The lowest BCUT2D eigenvalue weighted by molar-refractivity contribution is 0.0524. The minimum atomic E-state index is -0.640. The van der Waals surface area contributed by atoms with Gasteiger partial charge in [-0.05, 0) is 45.9 Å². The fourth-order valence-corrected chi connectivity index (χ4v) is 1.79. The van der Waals surface area contributed by atoms with Gasteiger partial charge in [-0.3, -0.25) is 0 Å². The Morgan fingerprint density at radius 3 is 2.52 bits per heavy atom. The van der Waals surface area contributed by atoms with E-state index in [-0.39, 0.29) is 18.2 Å². The Morgan fingerprint density at radius 1 is 1.30 bits per heavy atom. The molecule has 7 heteroatoms. The zero-order chi connectivity index (χ0) is 17.6. The molecule has 0 heterocycles. The second-order valence-corrected chi connectivity index (χ2v) is 6.11. The Labute approximate surface area is 135 Å². The monoisotopic (exact) mass is 326 g/mol. The molecule has 1 aromatic rings. The van der Waals surface area contributed by atoms with Crippen LogP contribution >= 0.6 is 0 Å². The first-order chi connectivity index (χ1) is 10.6. The molecule has 1 atom stereocenters. The number of amides is 1. The van der Waals surface area contributed by atoms with E-state index in [9.17, 15) is 14.0 Å². The number of halogens is 1. The SMILES string of the molecule is COC(=O)c1cc(F)ccc1NC(C)CNC(=O)OC(C)(C)C. The minimum Gasteiger partial charge on any atom is -0.465 e. The number of nitrogens with one attached hydrogen (secondary N) is 2. The highest BCUT2D eigenvalue weighted by Gasteiger charge is 2.18. The van der Waals surface area contributed by atoms with Crippen molar-refractivity contribution in [2.24, 2.45) is 0 Å². The molecule has 23 heavy (non-hydrogen) atoms. The summed E-state index contributed by atoms with van der Waals surface area (Å²) in [6.45, 7) is 7.40. The molecule has 0 bridgehead atoms. The van der Waals surface area contributed by atoms with Crippen LogP contribution in [0.4, 0.5) is 14.9 Å². The van der Waals surface area contributed by atoms with Crippen molar-refractivity contribution in [3.8, 4) is 0 Å². The summed E-state index contributed by atoms with van der Waals surface area (Å²) in [5.41, 5.74) is -0.0520. The molecule has 1 amide bonds. The number of carbonyl (C=O) groups excluding carboxylic acids is 2. The molecule has 0 fully saturated rings. The first-order valence-corrected chi connectivity index (χ1v) is 7.23. The number of carbonyl (C=O) groups is 2. The molecule has 0 saturated carbocycles. The van der Waals surface area contributed by atoms with Crippen LogP contribution in [-0.2, 0) is 9.47 Å². The van der Waals surface area contributed by atoms with Crippen molar-refractivity contribution < 1.29 is 23.5 Å². The summed E-state index contributed by atoms with van der Waals surface area (Å²) in [6.07, 6.45) is -0.529. The number of methoxy groups -OCH3 is 1. The van der Waals surface area contributed by atoms with E-state index in [0.717, 1.165) is 6.07 Å². The number of esters is 1. The van der Waals surface area contributed by atoms with E-state index >= 15 is 0 Å². The Morgan fingerprint density at radius 2 is 1.96 bits per heavy atom. The number of benzene rings is 1. The largest absolute Gasteiger partial charge is 0.465 e. The van der Waals surface area contributed by atoms with E-state index in [1.54, 1.807) is 20.8 Å². The van der Waals surface area contributed by atoms with Crippen LogP contribution in [0.2, 0.25) is 0 Å². The minimum absolute atomic E-state index is 0.0941. The van der Waals surface area contributed by atoms with E-state index in [4.69, 9.17) is 4.74 Å². The summed E-state index contributed by atoms with van der Waals surface area (Å²) in [5, 5.41) is 5.65. The fraction of sp³-hybridized carbons (Fsp3) is 0.500. The van der Waals surface area contributed by atoms with Crippen LogP contribution < -0.4 is 10.6 Å². The summed E-state index contributed by atoms with van der Waals surface area (Å²) in [7, 11) is 1.23. The molecule has 1 unspecified atom stereocenters. The predicted molar refractivity (Wildman–Crippen MR) is 85.1 cm³/mol. The number of anilines is 1. The van der Waals surface area contributed by atoms with Crippen LogP contribution in [0.15, 0.2) is 18.2 Å². The molecule has 6 nitrogen and oxygen atoms in total. The lowest BCUT2D eigenvalue weighted by Crippen LogP contribution is -2.38. The fourth-order valence-electron chi connectivity index (χ4n) is 1.79. The molecule has 0 saturated heterocycles. The smallest absolute Gasteiger partial charge is 0.407 e. The van der Waals surface area contributed by atoms with Gasteiger partial charge in [0.1, 0.15) is 11.4 Å². The third kappa shape index (κ3) is 6.54. The molecule has 128 valence electrons. The second kappa shape index (κ2) is 7.80. The van der Waals surface area contributed by atoms with Gasteiger partial charge >= 0.3 is 12.1 Å². The standard InChI is InChI=1S/C16H23FN2O4/c1-10(9-18-15(21)23-16(2,3)4)19-13-7-6-11(17)8-12(13)14(20)22-5/h6-8,10,19H,9H2,1-5H3,(H,18,21). The van der Waals surface area contributed by atoms with Crippen molar-refractivity contribution in [2.75, 3.05) is 19.0 Å². The van der Waals surface area contributed by atoms with E-state index in [2.05, 4.69) is 15.4 Å². The van der Waals surface area contributed by atoms with Crippen LogP contribution in [-0.4, -0.2) is 37.4 Å². The van der Waals surface area contributed by atoms with Crippen LogP contribution in [0.3, 0.4) is 0 Å². The van der Waals surface area contributed by atoms with Gasteiger partial charge < -0.3 is 20.1 Å². The molecular formula is C16H23FN2O4. The van der Waals surface area contributed by atoms with Crippen molar-refractivity contribution in [3.63, 3.8) is 0 Å². The number of ether oxygens (including phenoxy) is 2. The van der Waals surface area contributed by atoms with E-state index < -0.39 is 23.5 Å². The van der Waals surface area contributed by atoms with Crippen LogP contribution in [0.5, 0.6) is 0 Å². The maximum absolute atomic E-state index is 13.3. The number of hydrogen-bond donors (Lipinski definition) is 2. The van der Waals surface area contributed by atoms with Gasteiger partial charge in [-0.2, -0.15) is 0 Å². The van der Waals surface area contributed by atoms with Crippen molar-refractivity contribution in [1.29, 1.82) is 0 Å². The third-order valence-electron chi connectivity index (χ3n) is 2.74. The lowest BCUT2D eigenvalue weighted by Gasteiger charge is -2.22. The lowest BCUT2D eigenvalue weighted by atomic mass is 10.1. The van der Waals surface area contributed by atoms with Gasteiger partial charge in [-0.15, -0.1) is 0 Å². The topological polar surface area (TPSA) is 76.7 Å². The van der Waals surface area contributed by atoms with Gasteiger partial charge in [0.25, 0.3) is 0 Å². The summed E-state index contributed by atoms with van der Waals surface area (Å²) in [4.78, 5) is 23.3.